The van der Waals surface area contributed by atoms with Gasteiger partial charge in [0.05, 0.1) is 6.10 Å². The Morgan fingerprint density at radius 1 is 1.15 bits per heavy atom. The van der Waals surface area contributed by atoms with Gasteiger partial charge in [0.2, 0.25) is 0 Å². The van der Waals surface area contributed by atoms with Gasteiger partial charge in [-0.05, 0) is 36.7 Å². The molecule has 0 aromatic heterocycles. The van der Waals surface area contributed by atoms with Crippen molar-refractivity contribution in [2.75, 3.05) is 13.6 Å². The zero-order valence-corrected chi connectivity index (χ0v) is 11.9. The number of nitrogens with zero attached hydrogens (tertiary/aromatic N) is 1. The number of likely N-dealkylation sites (N-methyl/N-ethyl adjacent to an activating group) is 1. The second-order valence-corrected chi connectivity index (χ2v) is 5.21. The molecule has 1 unspecified atom stereocenters. The monoisotopic (exact) mass is 273 g/mol. The van der Waals surface area contributed by atoms with Crippen molar-refractivity contribution in [3.63, 3.8) is 0 Å². The predicted octanol–water partition coefficient (Wildman–Crippen LogP) is 3.30. The molecule has 0 saturated carbocycles. The van der Waals surface area contributed by atoms with Gasteiger partial charge in [0.15, 0.2) is 0 Å². The van der Waals surface area contributed by atoms with Crippen molar-refractivity contribution in [3.05, 3.63) is 71.0 Å². The van der Waals surface area contributed by atoms with E-state index in [1.165, 1.54) is 11.6 Å². The van der Waals surface area contributed by atoms with Gasteiger partial charge in [0.1, 0.15) is 5.82 Å². The molecule has 0 heterocycles. The number of hydrogen-bond donors (Lipinski definition) is 1. The molecule has 2 aromatic rings. The van der Waals surface area contributed by atoms with E-state index in [2.05, 4.69) is 17.0 Å². The van der Waals surface area contributed by atoms with E-state index in [9.17, 15) is 9.50 Å². The smallest absolute Gasteiger partial charge is 0.126 e. The minimum absolute atomic E-state index is 0.237. The van der Waals surface area contributed by atoms with E-state index in [1.54, 1.807) is 19.1 Å². The van der Waals surface area contributed by atoms with E-state index in [0.29, 0.717) is 12.1 Å². The van der Waals surface area contributed by atoms with Crippen LogP contribution in [0.25, 0.3) is 0 Å². The number of aliphatic hydroxyl groups excluding tert-OH is 1. The molecular formula is C17H20FNO. The number of aryl methyl sites for hydroxylation is 1. The van der Waals surface area contributed by atoms with Gasteiger partial charge in [-0.25, -0.2) is 4.39 Å². The quantitative estimate of drug-likeness (QED) is 0.903. The second-order valence-electron chi connectivity index (χ2n) is 5.21. The summed E-state index contributed by atoms with van der Waals surface area (Å²) >= 11 is 0. The van der Waals surface area contributed by atoms with Crippen LogP contribution < -0.4 is 0 Å². The SMILES string of the molecule is Cc1cc(C(O)CN(C)Cc2ccccc2)ccc1F. The molecule has 3 heteroatoms. The summed E-state index contributed by atoms with van der Waals surface area (Å²) in [4.78, 5) is 2.05. The highest BCUT2D eigenvalue weighted by Gasteiger charge is 2.12. The van der Waals surface area contributed by atoms with Crippen molar-refractivity contribution in [2.24, 2.45) is 0 Å². The van der Waals surface area contributed by atoms with Crippen LogP contribution >= 0.6 is 0 Å². The molecule has 106 valence electrons. The molecule has 0 fully saturated rings. The largest absolute Gasteiger partial charge is 0.387 e. The number of halogens is 1. The summed E-state index contributed by atoms with van der Waals surface area (Å²) in [5.41, 5.74) is 2.52. The summed E-state index contributed by atoms with van der Waals surface area (Å²) < 4.78 is 13.2. The Hall–Kier alpha value is -1.71. The summed E-state index contributed by atoms with van der Waals surface area (Å²) in [6.07, 6.45) is -0.608. The van der Waals surface area contributed by atoms with Crippen LogP contribution in [0.5, 0.6) is 0 Å². The Balaban J connectivity index is 1.96. The lowest BCUT2D eigenvalue weighted by Gasteiger charge is -2.21. The molecule has 0 aliphatic heterocycles. The average molecular weight is 273 g/mol. The van der Waals surface area contributed by atoms with Crippen LogP contribution in [-0.2, 0) is 6.54 Å². The second kappa shape index (κ2) is 6.64. The van der Waals surface area contributed by atoms with Crippen LogP contribution in [0.1, 0.15) is 22.8 Å². The fourth-order valence-electron chi connectivity index (χ4n) is 2.24. The van der Waals surface area contributed by atoms with Crippen molar-refractivity contribution in [1.29, 1.82) is 0 Å². The summed E-state index contributed by atoms with van der Waals surface area (Å²) in [5.74, 6) is -0.237. The molecule has 20 heavy (non-hydrogen) atoms. The van der Waals surface area contributed by atoms with E-state index in [1.807, 2.05) is 25.2 Å². The Bertz CT molecular complexity index is 556. The van der Waals surface area contributed by atoms with Gasteiger partial charge in [0.25, 0.3) is 0 Å². The van der Waals surface area contributed by atoms with Crippen molar-refractivity contribution in [1.82, 2.24) is 4.90 Å². The predicted molar refractivity (Wildman–Crippen MR) is 78.9 cm³/mol. The first-order valence-electron chi connectivity index (χ1n) is 6.73. The van der Waals surface area contributed by atoms with Gasteiger partial charge >= 0.3 is 0 Å². The van der Waals surface area contributed by atoms with E-state index in [-0.39, 0.29) is 5.82 Å². The van der Waals surface area contributed by atoms with Gasteiger partial charge in [-0.3, -0.25) is 4.90 Å². The molecule has 0 spiro atoms. The van der Waals surface area contributed by atoms with Crippen molar-refractivity contribution in [3.8, 4) is 0 Å². The first kappa shape index (κ1) is 14.7. The summed E-state index contributed by atoms with van der Waals surface area (Å²) in [5, 5.41) is 10.2. The van der Waals surface area contributed by atoms with Crippen molar-refractivity contribution in [2.45, 2.75) is 19.6 Å². The number of aliphatic hydroxyl groups is 1. The van der Waals surface area contributed by atoms with E-state index in [0.717, 1.165) is 12.1 Å². The van der Waals surface area contributed by atoms with Crippen molar-refractivity contribution < 1.29 is 9.50 Å². The molecule has 0 amide bonds. The maximum Gasteiger partial charge on any atom is 0.126 e. The van der Waals surface area contributed by atoms with Crippen LogP contribution in [0.15, 0.2) is 48.5 Å². The molecule has 0 bridgehead atoms. The number of hydrogen-bond acceptors (Lipinski definition) is 2. The highest BCUT2D eigenvalue weighted by atomic mass is 19.1. The first-order chi connectivity index (χ1) is 9.56. The molecule has 2 aromatic carbocycles. The summed E-state index contributed by atoms with van der Waals surface area (Å²) in [7, 11) is 1.96. The van der Waals surface area contributed by atoms with E-state index >= 15 is 0 Å². The van der Waals surface area contributed by atoms with Crippen LogP contribution in [0, 0.1) is 12.7 Å². The lowest BCUT2D eigenvalue weighted by Crippen LogP contribution is -2.24. The summed E-state index contributed by atoms with van der Waals surface area (Å²) in [6, 6.07) is 14.9. The third-order valence-corrected chi connectivity index (χ3v) is 3.35. The van der Waals surface area contributed by atoms with Gasteiger partial charge in [-0.2, -0.15) is 0 Å². The Labute approximate surface area is 119 Å². The maximum atomic E-state index is 13.2. The van der Waals surface area contributed by atoms with Gasteiger partial charge in [-0.15, -0.1) is 0 Å². The van der Waals surface area contributed by atoms with Gasteiger partial charge in [-0.1, -0.05) is 42.5 Å². The number of benzene rings is 2. The highest BCUT2D eigenvalue weighted by Crippen LogP contribution is 2.18. The zero-order chi connectivity index (χ0) is 14.5. The molecular weight excluding hydrogens is 253 g/mol. The Morgan fingerprint density at radius 2 is 1.85 bits per heavy atom. The third-order valence-electron chi connectivity index (χ3n) is 3.35. The first-order valence-corrected chi connectivity index (χ1v) is 6.73. The Morgan fingerprint density at radius 3 is 2.50 bits per heavy atom. The zero-order valence-electron chi connectivity index (χ0n) is 11.9. The lowest BCUT2D eigenvalue weighted by atomic mass is 10.1. The van der Waals surface area contributed by atoms with Gasteiger partial charge < -0.3 is 5.11 Å². The van der Waals surface area contributed by atoms with E-state index < -0.39 is 6.10 Å². The normalized spacial score (nSPS) is 12.7. The standard InChI is InChI=1S/C17H20FNO/c1-13-10-15(8-9-16(13)18)17(20)12-19(2)11-14-6-4-3-5-7-14/h3-10,17,20H,11-12H2,1-2H3. The molecule has 2 rings (SSSR count). The number of rotatable bonds is 5. The Kier molecular flexibility index (Phi) is 4.88. The molecule has 1 atom stereocenters. The minimum Gasteiger partial charge on any atom is -0.387 e. The molecule has 2 nitrogen and oxygen atoms in total. The van der Waals surface area contributed by atoms with Crippen molar-refractivity contribution >= 4 is 0 Å². The fraction of sp³-hybridized carbons (Fsp3) is 0.294. The molecule has 0 saturated heterocycles. The summed E-state index contributed by atoms with van der Waals surface area (Å²) in [6.45, 7) is 3.00. The third kappa shape index (κ3) is 3.89. The minimum atomic E-state index is -0.608. The fourth-order valence-corrected chi connectivity index (χ4v) is 2.24. The van der Waals surface area contributed by atoms with E-state index in [4.69, 9.17) is 0 Å². The molecule has 0 aliphatic rings. The van der Waals surface area contributed by atoms with Crippen LogP contribution in [0.2, 0.25) is 0 Å². The maximum absolute atomic E-state index is 13.2. The van der Waals surface area contributed by atoms with Crippen LogP contribution in [0.4, 0.5) is 4.39 Å². The highest BCUT2D eigenvalue weighted by molar-refractivity contribution is 5.25. The topological polar surface area (TPSA) is 23.5 Å². The lowest BCUT2D eigenvalue weighted by molar-refractivity contribution is 0.123. The van der Waals surface area contributed by atoms with Crippen LogP contribution in [-0.4, -0.2) is 23.6 Å². The average Bonchev–Trinajstić information content (AvgIpc) is 2.42. The van der Waals surface area contributed by atoms with Gasteiger partial charge in [0, 0.05) is 13.1 Å². The molecule has 0 radical (unpaired) electrons. The van der Waals surface area contributed by atoms with Crippen LogP contribution in [0.3, 0.4) is 0 Å². The molecule has 1 N–H and O–H groups in total. The molecule has 0 aliphatic carbocycles.